The molecule has 1 aliphatic rings. The van der Waals surface area contributed by atoms with Crippen molar-refractivity contribution in [1.29, 1.82) is 0 Å². The zero-order valence-corrected chi connectivity index (χ0v) is 16.2. The summed E-state index contributed by atoms with van der Waals surface area (Å²) in [5.41, 5.74) is 2.03. The standard InChI is InChI=1S/C21H30N2O4/c1-3-6-19(24)23-10-5-9-17(14-23)20(25)22-13-18(21(26)27)12-16-8-4-7-15(2)11-16/h4,7-8,11,17-18H,3,5-6,9-10,12-14H2,1-2H3,(H,22,25)(H,26,27). The van der Waals surface area contributed by atoms with E-state index in [-0.39, 0.29) is 24.3 Å². The summed E-state index contributed by atoms with van der Waals surface area (Å²) < 4.78 is 0. The van der Waals surface area contributed by atoms with Crippen LogP contribution < -0.4 is 5.32 Å². The molecule has 148 valence electrons. The lowest BCUT2D eigenvalue weighted by Gasteiger charge is -2.32. The number of aryl methyl sites for hydroxylation is 1. The summed E-state index contributed by atoms with van der Waals surface area (Å²) in [4.78, 5) is 37.9. The first-order valence-corrected chi connectivity index (χ1v) is 9.74. The fourth-order valence-corrected chi connectivity index (χ4v) is 3.53. The molecule has 1 aromatic carbocycles. The van der Waals surface area contributed by atoms with Gasteiger partial charge in [0.1, 0.15) is 0 Å². The van der Waals surface area contributed by atoms with Crippen molar-refractivity contribution < 1.29 is 19.5 Å². The van der Waals surface area contributed by atoms with Gasteiger partial charge in [-0.25, -0.2) is 0 Å². The van der Waals surface area contributed by atoms with Crippen LogP contribution in [0, 0.1) is 18.8 Å². The Morgan fingerprint density at radius 2 is 2.11 bits per heavy atom. The van der Waals surface area contributed by atoms with Gasteiger partial charge in [-0.3, -0.25) is 14.4 Å². The van der Waals surface area contributed by atoms with E-state index in [0.29, 0.717) is 25.9 Å². The number of amides is 2. The lowest BCUT2D eigenvalue weighted by Crippen LogP contribution is -2.46. The van der Waals surface area contributed by atoms with Crippen LogP contribution in [-0.2, 0) is 20.8 Å². The number of hydrogen-bond acceptors (Lipinski definition) is 3. The molecule has 6 nitrogen and oxygen atoms in total. The second kappa shape index (κ2) is 10.1. The van der Waals surface area contributed by atoms with Gasteiger partial charge >= 0.3 is 5.97 Å². The zero-order valence-electron chi connectivity index (χ0n) is 16.2. The zero-order chi connectivity index (χ0) is 19.8. The van der Waals surface area contributed by atoms with Crippen LogP contribution >= 0.6 is 0 Å². The van der Waals surface area contributed by atoms with Gasteiger partial charge < -0.3 is 15.3 Å². The van der Waals surface area contributed by atoms with Gasteiger partial charge in [-0.2, -0.15) is 0 Å². The van der Waals surface area contributed by atoms with E-state index in [1.807, 2.05) is 38.1 Å². The van der Waals surface area contributed by atoms with Crippen LogP contribution in [0.3, 0.4) is 0 Å². The predicted molar refractivity (Wildman–Crippen MR) is 103 cm³/mol. The third kappa shape index (κ3) is 6.38. The maximum Gasteiger partial charge on any atom is 0.308 e. The molecule has 1 fully saturated rings. The summed E-state index contributed by atoms with van der Waals surface area (Å²) >= 11 is 0. The minimum atomic E-state index is -0.916. The number of carboxylic acid groups (broad SMARTS) is 1. The topological polar surface area (TPSA) is 86.7 Å². The van der Waals surface area contributed by atoms with E-state index in [2.05, 4.69) is 5.32 Å². The smallest absolute Gasteiger partial charge is 0.308 e. The first-order valence-electron chi connectivity index (χ1n) is 9.74. The van der Waals surface area contributed by atoms with E-state index >= 15 is 0 Å². The van der Waals surface area contributed by atoms with Crippen LogP contribution in [-0.4, -0.2) is 47.4 Å². The minimum absolute atomic E-state index is 0.0952. The van der Waals surface area contributed by atoms with Gasteiger partial charge in [-0.15, -0.1) is 0 Å². The van der Waals surface area contributed by atoms with Crippen LogP contribution in [0.15, 0.2) is 24.3 Å². The maximum absolute atomic E-state index is 12.5. The molecule has 6 heteroatoms. The molecule has 1 aliphatic heterocycles. The van der Waals surface area contributed by atoms with Crippen molar-refractivity contribution in [2.75, 3.05) is 19.6 Å². The van der Waals surface area contributed by atoms with Crippen molar-refractivity contribution in [3.05, 3.63) is 35.4 Å². The molecule has 2 rings (SSSR count). The third-order valence-electron chi connectivity index (χ3n) is 5.05. The molecule has 1 aromatic rings. The van der Waals surface area contributed by atoms with E-state index < -0.39 is 11.9 Å². The summed E-state index contributed by atoms with van der Waals surface area (Å²) in [7, 11) is 0. The highest BCUT2D eigenvalue weighted by atomic mass is 16.4. The monoisotopic (exact) mass is 374 g/mol. The Hall–Kier alpha value is -2.37. The molecule has 1 heterocycles. The van der Waals surface area contributed by atoms with Gasteiger partial charge in [0.15, 0.2) is 0 Å². The second-order valence-corrected chi connectivity index (χ2v) is 7.40. The molecule has 1 saturated heterocycles. The number of piperidine rings is 1. The predicted octanol–water partition coefficient (Wildman–Crippen LogP) is 2.39. The SMILES string of the molecule is CCCC(=O)N1CCCC(C(=O)NCC(Cc2cccc(C)c2)C(=O)O)C1. The quantitative estimate of drug-likeness (QED) is 0.731. The van der Waals surface area contributed by atoms with Crippen molar-refractivity contribution in [3.8, 4) is 0 Å². The molecule has 2 atom stereocenters. The largest absolute Gasteiger partial charge is 0.481 e. The molecule has 0 radical (unpaired) electrons. The van der Waals surface area contributed by atoms with Crippen molar-refractivity contribution in [2.45, 2.75) is 46.0 Å². The Kier molecular flexibility index (Phi) is 7.82. The molecule has 27 heavy (non-hydrogen) atoms. The fraction of sp³-hybridized carbons (Fsp3) is 0.571. The number of nitrogens with zero attached hydrogens (tertiary/aromatic N) is 1. The highest BCUT2D eigenvalue weighted by Gasteiger charge is 2.29. The number of likely N-dealkylation sites (tertiary alicyclic amines) is 1. The van der Waals surface area contributed by atoms with Gasteiger partial charge in [0.2, 0.25) is 11.8 Å². The summed E-state index contributed by atoms with van der Waals surface area (Å²) in [6.45, 7) is 5.16. The van der Waals surface area contributed by atoms with Gasteiger partial charge in [-0.05, 0) is 38.2 Å². The second-order valence-electron chi connectivity index (χ2n) is 7.40. The normalized spacial score (nSPS) is 18.0. The molecule has 2 unspecified atom stereocenters. The minimum Gasteiger partial charge on any atom is -0.481 e. The van der Waals surface area contributed by atoms with E-state index in [0.717, 1.165) is 30.4 Å². The van der Waals surface area contributed by atoms with E-state index in [4.69, 9.17) is 0 Å². The molecule has 0 aliphatic carbocycles. The van der Waals surface area contributed by atoms with Gasteiger partial charge in [0, 0.05) is 26.1 Å². The molecular weight excluding hydrogens is 344 g/mol. The van der Waals surface area contributed by atoms with E-state index in [9.17, 15) is 19.5 Å². The fourth-order valence-electron chi connectivity index (χ4n) is 3.53. The number of nitrogens with one attached hydrogen (secondary N) is 1. The lowest BCUT2D eigenvalue weighted by atomic mass is 9.95. The van der Waals surface area contributed by atoms with Crippen LogP contribution in [0.4, 0.5) is 0 Å². The number of carbonyl (C=O) groups excluding carboxylic acids is 2. The molecule has 2 N–H and O–H groups in total. The molecule has 0 aromatic heterocycles. The molecular formula is C21H30N2O4. The molecule has 2 amide bonds. The average Bonchev–Trinajstić information content (AvgIpc) is 2.65. The van der Waals surface area contributed by atoms with E-state index in [1.165, 1.54) is 0 Å². The number of hydrogen-bond donors (Lipinski definition) is 2. The Balaban J connectivity index is 1.89. The van der Waals surface area contributed by atoms with Crippen LogP contribution in [0.5, 0.6) is 0 Å². The summed E-state index contributed by atoms with van der Waals surface area (Å²) in [5, 5.41) is 12.3. The van der Waals surface area contributed by atoms with Crippen LogP contribution in [0.2, 0.25) is 0 Å². The summed E-state index contributed by atoms with van der Waals surface area (Å²) in [5.74, 6) is -1.90. The average molecular weight is 374 g/mol. The van der Waals surface area contributed by atoms with Crippen LogP contribution in [0.1, 0.15) is 43.7 Å². The van der Waals surface area contributed by atoms with Gasteiger partial charge in [0.25, 0.3) is 0 Å². The number of carbonyl (C=O) groups is 3. The Morgan fingerprint density at radius 1 is 1.33 bits per heavy atom. The van der Waals surface area contributed by atoms with Crippen LogP contribution in [0.25, 0.3) is 0 Å². The van der Waals surface area contributed by atoms with E-state index in [1.54, 1.807) is 4.90 Å². The van der Waals surface area contributed by atoms with Crippen molar-refractivity contribution in [3.63, 3.8) is 0 Å². The Bertz CT molecular complexity index is 674. The first-order chi connectivity index (χ1) is 12.9. The first kappa shape index (κ1) is 20.9. The Labute approximate surface area is 160 Å². The van der Waals surface area contributed by atoms with Crippen molar-refractivity contribution in [2.24, 2.45) is 11.8 Å². The summed E-state index contributed by atoms with van der Waals surface area (Å²) in [6, 6.07) is 7.75. The Morgan fingerprint density at radius 3 is 2.78 bits per heavy atom. The van der Waals surface area contributed by atoms with Gasteiger partial charge in [0.05, 0.1) is 11.8 Å². The highest BCUT2D eigenvalue weighted by Crippen LogP contribution is 2.18. The van der Waals surface area contributed by atoms with Crippen molar-refractivity contribution in [1.82, 2.24) is 10.2 Å². The molecule has 0 bridgehead atoms. The lowest BCUT2D eigenvalue weighted by molar-refractivity contribution is -0.141. The number of aliphatic carboxylic acids is 1. The van der Waals surface area contributed by atoms with Gasteiger partial charge in [-0.1, -0.05) is 36.8 Å². The third-order valence-corrected chi connectivity index (χ3v) is 5.05. The number of carboxylic acids is 1. The van der Waals surface area contributed by atoms with Crippen molar-refractivity contribution >= 4 is 17.8 Å². The molecule has 0 spiro atoms. The highest BCUT2D eigenvalue weighted by molar-refractivity contribution is 5.82. The number of rotatable bonds is 8. The summed E-state index contributed by atoms with van der Waals surface area (Å²) in [6.07, 6.45) is 3.22. The number of benzene rings is 1. The molecule has 0 saturated carbocycles. The maximum atomic E-state index is 12.5.